The minimum Gasteiger partial charge on any atom is -0.447 e. The Bertz CT molecular complexity index is 492. The molecule has 0 saturated carbocycles. The number of oxazole rings is 1. The van der Waals surface area contributed by atoms with Gasteiger partial charge in [0, 0.05) is 5.56 Å². The molecule has 90 valence electrons. The van der Waals surface area contributed by atoms with E-state index in [1.165, 1.54) is 5.56 Å². The zero-order valence-electron chi connectivity index (χ0n) is 10.5. The molecule has 2 aromatic rings. The zero-order chi connectivity index (χ0) is 12.5. The van der Waals surface area contributed by atoms with Gasteiger partial charge in [0.1, 0.15) is 12.0 Å². The highest BCUT2D eigenvalue weighted by atomic mass is 16.3. The van der Waals surface area contributed by atoms with Gasteiger partial charge in [-0.25, -0.2) is 4.98 Å². The molecule has 0 saturated heterocycles. The third-order valence-corrected chi connectivity index (χ3v) is 2.77. The molecule has 0 spiro atoms. The second-order valence-electron chi connectivity index (χ2n) is 5.16. The lowest BCUT2D eigenvalue weighted by Crippen LogP contribution is -2.10. The van der Waals surface area contributed by atoms with E-state index in [0.29, 0.717) is 12.4 Å². The lowest BCUT2D eigenvalue weighted by atomic mass is 9.86. The van der Waals surface area contributed by atoms with Gasteiger partial charge >= 0.3 is 0 Å². The van der Waals surface area contributed by atoms with Crippen LogP contribution in [0.5, 0.6) is 0 Å². The van der Waals surface area contributed by atoms with Crippen molar-refractivity contribution in [2.24, 2.45) is 5.73 Å². The predicted octanol–water partition coefficient (Wildman–Crippen LogP) is 3.10. The standard InChI is InChI=1S/C14H18N2O/c1-14(2,3)11-6-4-10(5-7-11)12-9-17-13(8-15)16-12/h4-7,9H,8,15H2,1-3H3. The van der Waals surface area contributed by atoms with Crippen molar-refractivity contribution in [1.82, 2.24) is 4.98 Å². The van der Waals surface area contributed by atoms with E-state index in [9.17, 15) is 0 Å². The van der Waals surface area contributed by atoms with Crippen molar-refractivity contribution in [3.8, 4) is 11.3 Å². The van der Waals surface area contributed by atoms with Crippen LogP contribution >= 0.6 is 0 Å². The zero-order valence-corrected chi connectivity index (χ0v) is 10.5. The third-order valence-electron chi connectivity index (χ3n) is 2.77. The Labute approximate surface area is 102 Å². The molecule has 3 heteroatoms. The van der Waals surface area contributed by atoms with Gasteiger partial charge in [0.2, 0.25) is 5.89 Å². The second-order valence-corrected chi connectivity index (χ2v) is 5.16. The molecule has 0 unspecified atom stereocenters. The summed E-state index contributed by atoms with van der Waals surface area (Å²) >= 11 is 0. The molecule has 0 fully saturated rings. The highest BCUT2D eigenvalue weighted by Gasteiger charge is 2.13. The van der Waals surface area contributed by atoms with Crippen molar-refractivity contribution in [2.75, 3.05) is 0 Å². The first kappa shape index (κ1) is 11.9. The Morgan fingerprint density at radius 2 is 1.82 bits per heavy atom. The van der Waals surface area contributed by atoms with Gasteiger partial charge in [-0.3, -0.25) is 0 Å². The second kappa shape index (κ2) is 4.34. The first-order chi connectivity index (χ1) is 8.00. The first-order valence-electron chi connectivity index (χ1n) is 5.76. The number of aromatic nitrogens is 1. The van der Waals surface area contributed by atoms with E-state index in [0.717, 1.165) is 11.3 Å². The molecule has 0 bridgehead atoms. The van der Waals surface area contributed by atoms with Crippen LogP contribution in [0.4, 0.5) is 0 Å². The van der Waals surface area contributed by atoms with Crippen LogP contribution in [0.3, 0.4) is 0 Å². The summed E-state index contributed by atoms with van der Waals surface area (Å²) in [5, 5.41) is 0. The maximum atomic E-state index is 5.47. The Morgan fingerprint density at radius 1 is 1.18 bits per heavy atom. The SMILES string of the molecule is CC(C)(C)c1ccc(-c2coc(CN)n2)cc1. The van der Waals surface area contributed by atoms with Gasteiger partial charge in [-0.15, -0.1) is 0 Å². The molecule has 17 heavy (non-hydrogen) atoms. The van der Waals surface area contributed by atoms with Crippen LogP contribution in [-0.4, -0.2) is 4.98 Å². The van der Waals surface area contributed by atoms with Gasteiger partial charge in [-0.05, 0) is 11.0 Å². The number of nitrogens with zero attached hydrogens (tertiary/aromatic N) is 1. The summed E-state index contributed by atoms with van der Waals surface area (Å²) in [5.74, 6) is 0.569. The first-order valence-corrected chi connectivity index (χ1v) is 5.76. The van der Waals surface area contributed by atoms with Crippen LogP contribution in [0.25, 0.3) is 11.3 Å². The molecule has 0 aliphatic rings. The van der Waals surface area contributed by atoms with Crippen LogP contribution in [0.1, 0.15) is 32.2 Å². The molecule has 0 aliphatic heterocycles. The number of nitrogens with two attached hydrogens (primary N) is 1. The van der Waals surface area contributed by atoms with E-state index in [-0.39, 0.29) is 5.41 Å². The molecular formula is C14H18N2O. The van der Waals surface area contributed by atoms with Crippen LogP contribution in [-0.2, 0) is 12.0 Å². The molecule has 1 aromatic heterocycles. The minimum absolute atomic E-state index is 0.171. The van der Waals surface area contributed by atoms with E-state index in [1.54, 1.807) is 6.26 Å². The van der Waals surface area contributed by atoms with Crippen molar-refractivity contribution in [1.29, 1.82) is 0 Å². The Morgan fingerprint density at radius 3 is 2.29 bits per heavy atom. The number of hydrogen-bond donors (Lipinski definition) is 1. The van der Waals surface area contributed by atoms with Crippen LogP contribution in [0.15, 0.2) is 34.9 Å². The van der Waals surface area contributed by atoms with Gasteiger partial charge in [-0.2, -0.15) is 0 Å². The summed E-state index contributed by atoms with van der Waals surface area (Å²) in [4.78, 5) is 4.30. The van der Waals surface area contributed by atoms with Crippen molar-refractivity contribution in [2.45, 2.75) is 32.7 Å². The summed E-state index contributed by atoms with van der Waals surface area (Å²) in [6, 6.07) is 8.40. The minimum atomic E-state index is 0.171. The number of benzene rings is 1. The van der Waals surface area contributed by atoms with E-state index < -0.39 is 0 Å². The van der Waals surface area contributed by atoms with Gasteiger partial charge in [0.05, 0.1) is 6.54 Å². The molecule has 2 N–H and O–H groups in total. The molecule has 0 atom stereocenters. The Balaban J connectivity index is 2.29. The highest BCUT2D eigenvalue weighted by molar-refractivity contribution is 5.58. The van der Waals surface area contributed by atoms with E-state index in [2.05, 4.69) is 50.0 Å². The van der Waals surface area contributed by atoms with Gasteiger partial charge in [-0.1, -0.05) is 45.0 Å². The predicted molar refractivity (Wildman–Crippen MR) is 68.5 cm³/mol. The van der Waals surface area contributed by atoms with E-state index >= 15 is 0 Å². The maximum Gasteiger partial charge on any atom is 0.208 e. The van der Waals surface area contributed by atoms with Gasteiger partial charge in [0.25, 0.3) is 0 Å². The fraction of sp³-hybridized carbons (Fsp3) is 0.357. The molecule has 1 aromatic carbocycles. The van der Waals surface area contributed by atoms with Gasteiger partial charge in [0.15, 0.2) is 0 Å². The largest absolute Gasteiger partial charge is 0.447 e. The monoisotopic (exact) mass is 230 g/mol. The lowest BCUT2D eigenvalue weighted by molar-refractivity contribution is 0.498. The Kier molecular flexibility index (Phi) is 3.03. The molecule has 2 rings (SSSR count). The average Bonchev–Trinajstić information content (AvgIpc) is 2.76. The van der Waals surface area contributed by atoms with Crippen molar-refractivity contribution in [3.05, 3.63) is 42.0 Å². The van der Waals surface area contributed by atoms with Crippen LogP contribution in [0.2, 0.25) is 0 Å². The number of hydrogen-bond acceptors (Lipinski definition) is 3. The third kappa shape index (κ3) is 2.56. The summed E-state index contributed by atoms with van der Waals surface area (Å²) in [5.41, 5.74) is 8.84. The highest BCUT2D eigenvalue weighted by Crippen LogP contribution is 2.25. The summed E-state index contributed by atoms with van der Waals surface area (Å²) in [7, 11) is 0. The molecule has 3 nitrogen and oxygen atoms in total. The normalized spacial score (nSPS) is 11.8. The average molecular weight is 230 g/mol. The lowest BCUT2D eigenvalue weighted by Gasteiger charge is -2.18. The Hall–Kier alpha value is -1.61. The maximum absolute atomic E-state index is 5.47. The molecular weight excluding hydrogens is 212 g/mol. The van der Waals surface area contributed by atoms with Gasteiger partial charge < -0.3 is 10.2 Å². The topological polar surface area (TPSA) is 52.0 Å². The van der Waals surface area contributed by atoms with Crippen molar-refractivity contribution >= 4 is 0 Å². The van der Waals surface area contributed by atoms with E-state index in [1.807, 2.05) is 0 Å². The number of rotatable bonds is 2. The summed E-state index contributed by atoms with van der Waals surface area (Å²) < 4.78 is 5.23. The molecule has 1 heterocycles. The van der Waals surface area contributed by atoms with Crippen LogP contribution < -0.4 is 5.73 Å². The molecule has 0 amide bonds. The van der Waals surface area contributed by atoms with Crippen LogP contribution in [0, 0.1) is 0 Å². The fourth-order valence-corrected chi connectivity index (χ4v) is 1.68. The van der Waals surface area contributed by atoms with Crippen molar-refractivity contribution < 1.29 is 4.42 Å². The van der Waals surface area contributed by atoms with E-state index in [4.69, 9.17) is 10.2 Å². The fourth-order valence-electron chi connectivity index (χ4n) is 1.68. The summed E-state index contributed by atoms with van der Waals surface area (Å²) in [6.07, 6.45) is 1.65. The summed E-state index contributed by atoms with van der Waals surface area (Å²) in [6.45, 7) is 6.93. The van der Waals surface area contributed by atoms with Crippen molar-refractivity contribution in [3.63, 3.8) is 0 Å². The smallest absolute Gasteiger partial charge is 0.208 e. The molecule has 0 radical (unpaired) electrons. The molecule has 0 aliphatic carbocycles. The quantitative estimate of drug-likeness (QED) is 0.862.